The highest BCUT2D eigenvalue weighted by Gasteiger charge is 2.76. The molecule has 1 N–H and O–H groups in total. The van der Waals surface area contributed by atoms with Gasteiger partial charge in [0.25, 0.3) is 5.78 Å². The highest BCUT2D eigenvalue weighted by atomic mass is 16.3. The standard InChI is InChI=1S/C23H18NO2/c1-24-20(16-10-4-2-5-11-16)22(17-12-6-3-7-13-17)18-14-8-9-15-19(18)23(24,26)21(22)25/h2-15,26H,1H3/q+1/t22-,23+/m1/s1. The first-order chi connectivity index (χ1) is 12.6. The summed E-state index contributed by atoms with van der Waals surface area (Å²) in [5, 5.41) is 11.5. The van der Waals surface area contributed by atoms with E-state index >= 15 is 0 Å². The van der Waals surface area contributed by atoms with Crippen LogP contribution in [0.5, 0.6) is 0 Å². The molecular formula is C23H18NO2+. The third-order valence-corrected chi connectivity index (χ3v) is 5.79. The summed E-state index contributed by atoms with van der Waals surface area (Å²) in [6.07, 6.45) is 0. The van der Waals surface area contributed by atoms with E-state index in [0.29, 0.717) is 5.56 Å². The van der Waals surface area contributed by atoms with E-state index in [4.69, 9.17) is 0 Å². The van der Waals surface area contributed by atoms with Crippen molar-refractivity contribution in [3.63, 3.8) is 0 Å². The number of hydrogen-bond donors (Lipinski definition) is 1. The fourth-order valence-electron chi connectivity index (χ4n) is 4.72. The molecule has 1 heterocycles. The number of hydrogen-bond acceptors (Lipinski definition) is 2. The van der Waals surface area contributed by atoms with Crippen molar-refractivity contribution in [2.75, 3.05) is 7.05 Å². The number of carbonyl (C=O) groups is 1. The predicted octanol–water partition coefficient (Wildman–Crippen LogP) is 2.85. The summed E-state index contributed by atoms with van der Waals surface area (Å²) in [5.41, 5.74) is 1.57. The molecule has 0 unspecified atom stereocenters. The van der Waals surface area contributed by atoms with E-state index in [-0.39, 0.29) is 5.78 Å². The van der Waals surface area contributed by atoms with E-state index < -0.39 is 11.1 Å². The number of rotatable bonds is 2. The molecular weight excluding hydrogens is 322 g/mol. The zero-order valence-electron chi connectivity index (χ0n) is 14.4. The molecule has 3 aromatic rings. The van der Waals surface area contributed by atoms with E-state index in [1.165, 1.54) is 0 Å². The lowest BCUT2D eigenvalue weighted by Gasteiger charge is -2.27. The highest BCUT2D eigenvalue weighted by Crippen LogP contribution is 2.55. The van der Waals surface area contributed by atoms with Crippen LogP contribution in [0.3, 0.4) is 0 Å². The molecule has 0 radical (unpaired) electrons. The average Bonchev–Trinajstić information content (AvgIpc) is 3.01. The number of benzene rings is 3. The van der Waals surface area contributed by atoms with Crippen molar-refractivity contribution in [3.05, 3.63) is 107 Å². The lowest BCUT2D eigenvalue weighted by Crippen LogP contribution is -2.41. The van der Waals surface area contributed by atoms with Crippen LogP contribution in [-0.2, 0) is 15.9 Å². The molecule has 2 aliphatic rings. The van der Waals surface area contributed by atoms with E-state index in [0.717, 1.165) is 22.4 Å². The van der Waals surface area contributed by atoms with E-state index in [9.17, 15) is 9.90 Å². The Bertz CT molecular complexity index is 1070. The van der Waals surface area contributed by atoms with Crippen LogP contribution in [0, 0.1) is 0 Å². The summed E-state index contributed by atoms with van der Waals surface area (Å²) >= 11 is 0. The van der Waals surface area contributed by atoms with Gasteiger partial charge in [-0.25, -0.2) is 0 Å². The van der Waals surface area contributed by atoms with E-state index in [2.05, 4.69) is 0 Å². The smallest absolute Gasteiger partial charge is 0.325 e. The molecule has 3 nitrogen and oxygen atoms in total. The predicted molar refractivity (Wildman–Crippen MR) is 99.3 cm³/mol. The molecule has 126 valence electrons. The molecule has 26 heavy (non-hydrogen) atoms. The fourth-order valence-corrected chi connectivity index (χ4v) is 4.72. The van der Waals surface area contributed by atoms with Gasteiger partial charge >= 0.3 is 5.72 Å². The van der Waals surface area contributed by atoms with Gasteiger partial charge in [0, 0.05) is 5.56 Å². The largest absolute Gasteiger partial charge is 0.354 e. The van der Waals surface area contributed by atoms with Crippen LogP contribution in [0.2, 0.25) is 0 Å². The minimum atomic E-state index is -1.64. The Hall–Kier alpha value is -3.04. The lowest BCUT2D eigenvalue weighted by molar-refractivity contribution is -0.621. The summed E-state index contributed by atoms with van der Waals surface area (Å²) in [5.74, 6) is -0.196. The zero-order valence-corrected chi connectivity index (χ0v) is 14.4. The first-order valence-electron chi connectivity index (χ1n) is 8.72. The van der Waals surface area contributed by atoms with Crippen LogP contribution in [0.15, 0.2) is 84.9 Å². The second-order valence-electron chi connectivity index (χ2n) is 6.94. The zero-order chi connectivity index (χ0) is 17.9. The molecule has 3 aromatic carbocycles. The molecule has 2 atom stereocenters. The van der Waals surface area contributed by atoms with Crippen LogP contribution in [-0.4, -0.2) is 28.2 Å². The monoisotopic (exact) mass is 340 g/mol. The van der Waals surface area contributed by atoms with Gasteiger partial charge < -0.3 is 5.11 Å². The second-order valence-corrected chi connectivity index (χ2v) is 6.94. The SMILES string of the molecule is C[N+]1=C(c2ccccc2)[C@]2(c3ccccc3)C(=O)[C@@]1(O)c1ccccc12. The molecule has 0 aromatic heterocycles. The Morgan fingerprint density at radius 2 is 1.31 bits per heavy atom. The topological polar surface area (TPSA) is 40.3 Å². The number of likely N-dealkylation sites (N-methyl/N-ethyl adjacent to an activating group) is 1. The number of nitrogens with zero attached hydrogens (tertiary/aromatic N) is 1. The van der Waals surface area contributed by atoms with Crippen molar-refractivity contribution >= 4 is 11.5 Å². The fraction of sp³-hybridized carbons (Fsp3) is 0.130. The van der Waals surface area contributed by atoms with Crippen LogP contribution in [0.4, 0.5) is 0 Å². The third kappa shape index (κ3) is 1.53. The van der Waals surface area contributed by atoms with E-state index in [1.54, 1.807) is 11.6 Å². The summed E-state index contributed by atoms with van der Waals surface area (Å²) in [4.78, 5) is 13.8. The van der Waals surface area contributed by atoms with Gasteiger partial charge in [0.1, 0.15) is 7.05 Å². The van der Waals surface area contributed by atoms with Gasteiger partial charge in [-0.15, -0.1) is 0 Å². The maximum absolute atomic E-state index is 13.8. The molecule has 2 bridgehead atoms. The van der Waals surface area contributed by atoms with Crippen molar-refractivity contribution in [2.45, 2.75) is 11.1 Å². The number of carbonyl (C=O) groups excluding carboxylic acids is 1. The van der Waals surface area contributed by atoms with Crippen LogP contribution in [0.1, 0.15) is 22.3 Å². The Balaban J connectivity index is 1.96. The minimum Gasteiger partial charge on any atom is -0.325 e. The molecule has 3 heteroatoms. The minimum absolute atomic E-state index is 0.196. The van der Waals surface area contributed by atoms with Gasteiger partial charge in [0.05, 0.1) is 5.56 Å². The van der Waals surface area contributed by atoms with Crippen molar-refractivity contribution in [1.82, 2.24) is 0 Å². The van der Waals surface area contributed by atoms with Gasteiger partial charge in [-0.3, -0.25) is 4.79 Å². The Morgan fingerprint density at radius 3 is 1.96 bits per heavy atom. The normalized spacial score (nSPS) is 26.3. The van der Waals surface area contributed by atoms with Gasteiger partial charge in [0.15, 0.2) is 5.41 Å². The lowest BCUT2D eigenvalue weighted by atomic mass is 9.70. The number of Topliss-reactive ketones (excluding diaryl/α,β-unsaturated/α-hetero) is 1. The van der Waals surface area contributed by atoms with Crippen molar-refractivity contribution in [1.29, 1.82) is 0 Å². The maximum Gasteiger partial charge on any atom is 0.354 e. The molecule has 0 fully saturated rings. The summed E-state index contributed by atoms with van der Waals surface area (Å²) < 4.78 is 1.75. The Kier molecular flexibility index (Phi) is 2.92. The molecule has 5 rings (SSSR count). The third-order valence-electron chi connectivity index (χ3n) is 5.79. The summed E-state index contributed by atoms with van der Waals surface area (Å²) in [6.45, 7) is 0. The van der Waals surface area contributed by atoms with Crippen LogP contribution in [0.25, 0.3) is 0 Å². The summed E-state index contributed by atoms with van der Waals surface area (Å²) in [6, 6.07) is 27.3. The van der Waals surface area contributed by atoms with Gasteiger partial charge in [0.2, 0.25) is 5.71 Å². The van der Waals surface area contributed by atoms with Crippen molar-refractivity contribution in [3.8, 4) is 0 Å². The average molecular weight is 340 g/mol. The molecule has 0 spiro atoms. The van der Waals surface area contributed by atoms with Crippen LogP contribution < -0.4 is 0 Å². The number of ketones is 1. The first-order valence-corrected chi connectivity index (χ1v) is 8.72. The Morgan fingerprint density at radius 1 is 0.769 bits per heavy atom. The molecule has 1 aliphatic carbocycles. The van der Waals surface area contributed by atoms with E-state index in [1.807, 2.05) is 84.9 Å². The number of fused-ring (bicyclic) bond motifs is 5. The van der Waals surface area contributed by atoms with Crippen LogP contribution >= 0.6 is 0 Å². The Labute approximate surface area is 151 Å². The molecule has 0 saturated heterocycles. The molecule has 1 aliphatic heterocycles. The maximum atomic E-state index is 13.8. The molecule has 0 saturated carbocycles. The quantitative estimate of drug-likeness (QED) is 0.729. The van der Waals surface area contributed by atoms with Gasteiger partial charge in [-0.1, -0.05) is 66.7 Å². The number of aliphatic hydroxyl groups is 1. The van der Waals surface area contributed by atoms with Crippen molar-refractivity contribution in [2.24, 2.45) is 0 Å². The first kappa shape index (κ1) is 15.2. The van der Waals surface area contributed by atoms with Crippen molar-refractivity contribution < 1.29 is 14.5 Å². The van der Waals surface area contributed by atoms with Gasteiger partial charge in [-0.05, 0) is 29.3 Å². The summed E-state index contributed by atoms with van der Waals surface area (Å²) in [7, 11) is 1.81. The second kappa shape index (κ2) is 4.99. The molecule has 0 amide bonds. The highest BCUT2D eigenvalue weighted by molar-refractivity contribution is 6.29. The van der Waals surface area contributed by atoms with Gasteiger partial charge in [-0.2, -0.15) is 4.58 Å².